The SMILES string of the molecule is [2H]c1c([2H])c([2H])c2c([2H])c3c([2H])c(-c4c(-c5csc6c5ccc5c7ccccc7ccc56)ccc5ccccc45)c(-c4ccccc4)cc3cc2c1[2H]. The van der Waals surface area contributed by atoms with Crippen molar-refractivity contribution in [1.29, 1.82) is 0 Å². The molecule has 47 heavy (non-hydrogen) atoms. The highest BCUT2D eigenvalue weighted by atomic mass is 32.1. The molecule has 0 spiro atoms. The topological polar surface area (TPSA) is 0 Å². The molecule has 0 bridgehead atoms. The van der Waals surface area contributed by atoms with Crippen LogP contribution < -0.4 is 0 Å². The van der Waals surface area contributed by atoms with Crippen molar-refractivity contribution >= 4 is 75.3 Å². The van der Waals surface area contributed by atoms with E-state index in [1.165, 1.54) is 26.2 Å². The van der Waals surface area contributed by atoms with Crippen LogP contribution in [-0.4, -0.2) is 0 Å². The first-order valence-corrected chi connectivity index (χ1v) is 16.6. The second-order valence-corrected chi connectivity index (χ2v) is 12.9. The zero-order valence-corrected chi connectivity index (χ0v) is 25.9. The van der Waals surface area contributed by atoms with E-state index < -0.39 is 0 Å². The summed E-state index contributed by atoms with van der Waals surface area (Å²) in [5.74, 6) is 0. The van der Waals surface area contributed by atoms with E-state index in [-0.39, 0.29) is 47.0 Å². The molecule has 0 aliphatic rings. The molecule has 0 aliphatic carbocycles. The van der Waals surface area contributed by atoms with Gasteiger partial charge in [-0.3, -0.25) is 0 Å². The lowest BCUT2D eigenvalue weighted by Crippen LogP contribution is -1.92. The predicted octanol–water partition coefficient (Wildman–Crippen LogP) is 13.7. The zero-order valence-electron chi connectivity index (χ0n) is 31.1. The van der Waals surface area contributed by atoms with E-state index in [1.807, 2.05) is 48.5 Å². The predicted molar refractivity (Wildman–Crippen MR) is 206 cm³/mol. The Bertz CT molecular complexity index is 3180. The number of rotatable bonds is 3. The van der Waals surface area contributed by atoms with Crippen molar-refractivity contribution in [2.45, 2.75) is 0 Å². The quantitative estimate of drug-likeness (QED) is 0.136. The summed E-state index contributed by atoms with van der Waals surface area (Å²) in [4.78, 5) is 0. The third-order valence-corrected chi connectivity index (χ3v) is 10.4. The summed E-state index contributed by atoms with van der Waals surface area (Å²) in [7, 11) is 0. The van der Waals surface area contributed by atoms with Crippen LogP contribution in [0.25, 0.3) is 97.3 Å². The first-order chi connectivity index (χ1) is 25.8. The molecule has 10 aromatic rings. The summed E-state index contributed by atoms with van der Waals surface area (Å²) in [6, 6.07) is 42.4. The highest BCUT2D eigenvalue weighted by Gasteiger charge is 2.20. The standard InChI is InChI=1S/C46H28S/c1-2-10-29(11-3-1)42-26-34-24-32-14-4-5-15-33(32)25-35(34)27-43(42)45-37-17-9-7-13-31(37)18-20-39(45)44-28-47-46-40-21-19-30-12-6-8-16-36(30)38(40)22-23-41(44)46/h1-28H/i4D,5D,14D,15D,25D,27D. The molecule has 0 saturated carbocycles. The fourth-order valence-electron chi connectivity index (χ4n) is 7.19. The minimum absolute atomic E-state index is 0.0724. The Morgan fingerprint density at radius 3 is 1.98 bits per heavy atom. The molecule has 0 unspecified atom stereocenters. The molecule has 0 saturated heterocycles. The summed E-state index contributed by atoms with van der Waals surface area (Å²) in [5, 5.41) is 11.5. The Labute approximate surface area is 285 Å². The molecule has 1 heteroatoms. The molecule has 0 fully saturated rings. The van der Waals surface area contributed by atoms with E-state index in [0.717, 1.165) is 44.0 Å². The van der Waals surface area contributed by atoms with Gasteiger partial charge in [0, 0.05) is 21.0 Å². The molecule has 1 aromatic heterocycles. The highest BCUT2D eigenvalue weighted by molar-refractivity contribution is 7.18. The summed E-state index contributed by atoms with van der Waals surface area (Å²) in [5.41, 5.74) is 5.34. The number of hydrogen-bond acceptors (Lipinski definition) is 1. The van der Waals surface area contributed by atoms with Crippen LogP contribution in [0.1, 0.15) is 8.22 Å². The second-order valence-electron chi connectivity index (χ2n) is 12.0. The van der Waals surface area contributed by atoms with Gasteiger partial charge >= 0.3 is 0 Å². The molecule has 0 N–H and O–H groups in total. The Hall–Kier alpha value is -5.76. The van der Waals surface area contributed by atoms with Crippen molar-refractivity contribution in [3.8, 4) is 33.4 Å². The Morgan fingerprint density at radius 2 is 1.11 bits per heavy atom. The van der Waals surface area contributed by atoms with E-state index in [9.17, 15) is 2.74 Å². The molecular weight excluding hydrogens is 585 g/mol. The third kappa shape index (κ3) is 4.14. The van der Waals surface area contributed by atoms with Crippen LogP contribution in [-0.2, 0) is 0 Å². The fraction of sp³-hybridized carbons (Fsp3) is 0. The van der Waals surface area contributed by atoms with Gasteiger partial charge in [0.1, 0.15) is 0 Å². The van der Waals surface area contributed by atoms with Gasteiger partial charge in [-0.15, -0.1) is 11.3 Å². The Morgan fingerprint density at radius 1 is 0.404 bits per heavy atom. The normalized spacial score (nSPS) is 13.6. The van der Waals surface area contributed by atoms with Crippen molar-refractivity contribution in [2.75, 3.05) is 0 Å². The summed E-state index contributed by atoms with van der Waals surface area (Å²) in [6.45, 7) is 0. The first kappa shape index (κ1) is 21.1. The Kier molecular flexibility index (Phi) is 4.67. The smallest absolute Gasteiger partial charge is 0.0636 e. The summed E-state index contributed by atoms with van der Waals surface area (Å²) in [6.07, 6.45) is 0. The van der Waals surface area contributed by atoms with Crippen LogP contribution in [0.5, 0.6) is 0 Å². The number of fused-ring (bicyclic) bond motifs is 8. The average molecular weight is 619 g/mol. The highest BCUT2D eigenvalue weighted by Crippen LogP contribution is 2.48. The van der Waals surface area contributed by atoms with Gasteiger partial charge < -0.3 is 0 Å². The van der Waals surface area contributed by atoms with Crippen molar-refractivity contribution in [3.63, 3.8) is 0 Å². The molecule has 0 atom stereocenters. The largest absolute Gasteiger partial charge is 0.142 e. The number of thiophene rings is 1. The van der Waals surface area contributed by atoms with Gasteiger partial charge in [0.25, 0.3) is 0 Å². The van der Waals surface area contributed by atoms with Gasteiger partial charge in [-0.05, 0) is 106 Å². The Balaban J connectivity index is 1.35. The van der Waals surface area contributed by atoms with Crippen LogP contribution in [0.3, 0.4) is 0 Å². The van der Waals surface area contributed by atoms with Gasteiger partial charge in [0.05, 0.1) is 8.22 Å². The number of hydrogen-bond donors (Lipinski definition) is 0. The summed E-state index contributed by atoms with van der Waals surface area (Å²) >= 11 is 1.72. The number of benzene rings is 9. The lowest BCUT2D eigenvalue weighted by atomic mass is 9.84. The minimum Gasteiger partial charge on any atom is -0.142 e. The molecule has 1 heterocycles. The van der Waals surface area contributed by atoms with Crippen LogP contribution in [0, 0.1) is 0 Å². The maximum absolute atomic E-state index is 10.0. The third-order valence-electron chi connectivity index (χ3n) is 9.39. The molecule has 10 rings (SSSR count). The van der Waals surface area contributed by atoms with Crippen molar-refractivity contribution in [3.05, 3.63) is 169 Å². The van der Waals surface area contributed by atoms with Crippen LogP contribution >= 0.6 is 11.3 Å². The molecular formula is C46H28S. The molecule has 0 amide bonds. The maximum Gasteiger partial charge on any atom is 0.0636 e. The summed E-state index contributed by atoms with van der Waals surface area (Å²) < 4.78 is 54.8. The molecule has 218 valence electrons. The van der Waals surface area contributed by atoms with Crippen LogP contribution in [0.4, 0.5) is 0 Å². The van der Waals surface area contributed by atoms with E-state index in [2.05, 4.69) is 78.2 Å². The van der Waals surface area contributed by atoms with Gasteiger partial charge in [-0.25, -0.2) is 0 Å². The van der Waals surface area contributed by atoms with E-state index >= 15 is 0 Å². The molecule has 0 aliphatic heterocycles. The van der Waals surface area contributed by atoms with Crippen LogP contribution in [0.15, 0.2) is 169 Å². The average Bonchev–Trinajstić information content (AvgIpc) is 3.63. The first-order valence-electron chi connectivity index (χ1n) is 18.7. The van der Waals surface area contributed by atoms with E-state index in [0.29, 0.717) is 16.3 Å². The fourth-order valence-corrected chi connectivity index (χ4v) is 8.29. The lowest BCUT2D eigenvalue weighted by Gasteiger charge is -2.19. The van der Waals surface area contributed by atoms with Gasteiger partial charge in [-0.1, -0.05) is 139 Å². The van der Waals surface area contributed by atoms with E-state index in [4.69, 9.17) is 5.48 Å². The van der Waals surface area contributed by atoms with Gasteiger partial charge in [-0.2, -0.15) is 0 Å². The zero-order chi connectivity index (χ0) is 36.1. The lowest BCUT2D eigenvalue weighted by molar-refractivity contribution is 1.62. The maximum atomic E-state index is 10.0. The van der Waals surface area contributed by atoms with Crippen molar-refractivity contribution in [2.24, 2.45) is 0 Å². The monoisotopic (exact) mass is 618 g/mol. The van der Waals surface area contributed by atoms with Crippen LogP contribution in [0.2, 0.25) is 0 Å². The second kappa shape index (κ2) is 10.4. The van der Waals surface area contributed by atoms with Crippen molar-refractivity contribution in [1.82, 2.24) is 0 Å². The van der Waals surface area contributed by atoms with Gasteiger partial charge in [0.15, 0.2) is 0 Å². The molecule has 0 radical (unpaired) electrons. The van der Waals surface area contributed by atoms with E-state index in [1.54, 1.807) is 17.4 Å². The molecule has 9 aromatic carbocycles. The molecule has 0 nitrogen and oxygen atoms in total. The minimum atomic E-state index is -0.385. The van der Waals surface area contributed by atoms with Gasteiger partial charge in [0.2, 0.25) is 0 Å². The van der Waals surface area contributed by atoms with Crippen molar-refractivity contribution < 1.29 is 8.22 Å².